The maximum atomic E-state index is 13.3. The van der Waals surface area contributed by atoms with Gasteiger partial charge in [0.05, 0.1) is 10.2 Å². The Hall–Kier alpha value is -3.36. The first-order valence-electron chi connectivity index (χ1n) is 10.3. The van der Waals surface area contributed by atoms with Crippen molar-refractivity contribution in [2.24, 2.45) is 0 Å². The minimum Gasteiger partial charge on any atom is -0.421 e. The smallest absolute Gasteiger partial charge is 0.248 e. The minimum atomic E-state index is -0.00438. The summed E-state index contributed by atoms with van der Waals surface area (Å²) in [6.45, 7) is 0.562. The molecular formula is C24H20N4O2S2. The molecule has 0 spiro atoms. The summed E-state index contributed by atoms with van der Waals surface area (Å²) in [4.78, 5) is 19.8. The van der Waals surface area contributed by atoms with Crippen molar-refractivity contribution in [3.63, 3.8) is 0 Å². The molecule has 0 saturated carbocycles. The summed E-state index contributed by atoms with van der Waals surface area (Å²) in [6.07, 6.45) is 1.42. The maximum Gasteiger partial charge on any atom is 0.248 e. The van der Waals surface area contributed by atoms with E-state index in [2.05, 4.69) is 22.3 Å². The normalized spacial score (nSPS) is 11.1. The van der Waals surface area contributed by atoms with Crippen molar-refractivity contribution in [3.05, 3.63) is 82.9 Å². The number of thiazole rings is 1. The van der Waals surface area contributed by atoms with Crippen molar-refractivity contribution in [1.29, 1.82) is 0 Å². The highest BCUT2D eigenvalue weighted by Gasteiger charge is 2.21. The molecule has 2 aromatic carbocycles. The fourth-order valence-corrected chi connectivity index (χ4v) is 5.03. The topological polar surface area (TPSA) is 72.1 Å². The lowest BCUT2D eigenvalue weighted by Gasteiger charge is -2.19. The van der Waals surface area contributed by atoms with Crippen LogP contribution in [-0.4, -0.2) is 27.6 Å². The third-order valence-corrected chi connectivity index (χ3v) is 6.81. The van der Waals surface area contributed by atoms with E-state index >= 15 is 0 Å². The number of amides is 1. The summed E-state index contributed by atoms with van der Waals surface area (Å²) in [7, 11) is 0. The first-order valence-corrected chi connectivity index (χ1v) is 12.1. The number of aryl methyl sites for hydroxylation is 1. The molecule has 0 atom stereocenters. The van der Waals surface area contributed by atoms with Crippen molar-refractivity contribution in [2.45, 2.75) is 19.3 Å². The standard InChI is InChI=1S/C24H20N4O2S2/c29-22(11-10-21-26-27-23(30-21)18-13-15-31-16-18)28(14-12-17-6-2-1-3-7-17)24-25-19-8-4-5-9-20(19)32-24/h1-9,13,15-16H,10-12,14H2. The Morgan fingerprint density at radius 3 is 2.62 bits per heavy atom. The number of hydrogen-bond acceptors (Lipinski definition) is 7. The number of rotatable bonds is 8. The highest BCUT2D eigenvalue weighted by Crippen LogP contribution is 2.29. The predicted octanol–water partition coefficient (Wildman–Crippen LogP) is 5.62. The van der Waals surface area contributed by atoms with E-state index in [1.165, 1.54) is 16.9 Å². The van der Waals surface area contributed by atoms with Crippen molar-refractivity contribution >= 4 is 43.9 Å². The monoisotopic (exact) mass is 460 g/mol. The van der Waals surface area contributed by atoms with Crippen LogP contribution in [0.3, 0.4) is 0 Å². The summed E-state index contributed by atoms with van der Waals surface area (Å²) in [5, 5.41) is 12.8. The Bertz CT molecular complexity index is 1280. The van der Waals surface area contributed by atoms with Crippen molar-refractivity contribution < 1.29 is 9.21 Å². The number of anilines is 1. The van der Waals surface area contributed by atoms with Gasteiger partial charge in [0.15, 0.2) is 5.13 Å². The first kappa shape index (κ1) is 20.5. The van der Waals surface area contributed by atoms with Crippen LogP contribution in [0, 0.1) is 0 Å². The Morgan fingerprint density at radius 1 is 0.969 bits per heavy atom. The van der Waals surface area contributed by atoms with E-state index in [1.54, 1.807) is 16.2 Å². The number of nitrogens with zero attached hydrogens (tertiary/aromatic N) is 4. The van der Waals surface area contributed by atoms with Crippen LogP contribution in [0.5, 0.6) is 0 Å². The molecule has 160 valence electrons. The van der Waals surface area contributed by atoms with E-state index in [0.717, 1.165) is 27.3 Å². The van der Waals surface area contributed by atoms with Crippen LogP contribution in [0.15, 0.2) is 75.8 Å². The molecule has 6 nitrogen and oxygen atoms in total. The number of benzene rings is 2. The molecule has 0 unspecified atom stereocenters. The highest BCUT2D eigenvalue weighted by atomic mass is 32.1. The number of para-hydroxylation sites is 1. The van der Waals surface area contributed by atoms with Gasteiger partial charge < -0.3 is 4.42 Å². The van der Waals surface area contributed by atoms with Crippen LogP contribution in [-0.2, 0) is 17.6 Å². The van der Waals surface area contributed by atoms with E-state index in [9.17, 15) is 4.79 Å². The Kier molecular flexibility index (Phi) is 6.04. The second-order valence-electron chi connectivity index (χ2n) is 7.26. The lowest BCUT2D eigenvalue weighted by Crippen LogP contribution is -2.33. The Morgan fingerprint density at radius 2 is 1.81 bits per heavy atom. The quantitative estimate of drug-likeness (QED) is 0.301. The number of hydrogen-bond donors (Lipinski definition) is 0. The summed E-state index contributed by atoms with van der Waals surface area (Å²) in [5.41, 5.74) is 2.99. The molecule has 8 heteroatoms. The molecule has 0 saturated heterocycles. The maximum absolute atomic E-state index is 13.3. The van der Waals surface area contributed by atoms with Gasteiger partial charge in [-0.3, -0.25) is 9.69 Å². The van der Waals surface area contributed by atoms with E-state index in [1.807, 2.05) is 59.3 Å². The molecule has 0 radical (unpaired) electrons. The molecule has 0 N–H and O–H groups in total. The van der Waals surface area contributed by atoms with Gasteiger partial charge in [0.2, 0.25) is 17.7 Å². The summed E-state index contributed by atoms with van der Waals surface area (Å²) < 4.78 is 6.81. The van der Waals surface area contributed by atoms with E-state index < -0.39 is 0 Å². The van der Waals surface area contributed by atoms with Crippen molar-refractivity contribution in [3.8, 4) is 11.5 Å². The molecule has 3 heterocycles. The van der Waals surface area contributed by atoms with Crippen molar-refractivity contribution in [1.82, 2.24) is 15.2 Å². The number of carbonyl (C=O) groups is 1. The van der Waals surface area contributed by atoms with Gasteiger partial charge in [-0.15, -0.1) is 10.2 Å². The van der Waals surface area contributed by atoms with Gasteiger partial charge in [-0.05, 0) is 35.6 Å². The van der Waals surface area contributed by atoms with Crippen LogP contribution in [0.4, 0.5) is 5.13 Å². The third kappa shape index (κ3) is 4.61. The summed E-state index contributed by atoms with van der Waals surface area (Å²) >= 11 is 3.11. The molecule has 0 fully saturated rings. The molecule has 0 aliphatic rings. The molecule has 1 amide bonds. The first-order chi connectivity index (χ1) is 15.8. The molecule has 32 heavy (non-hydrogen) atoms. The van der Waals surface area contributed by atoms with Gasteiger partial charge >= 0.3 is 0 Å². The van der Waals surface area contributed by atoms with E-state index in [4.69, 9.17) is 9.40 Å². The second-order valence-corrected chi connectivity index (χ2v) is 9.05. The largest absolute Gasteiger partial charge is 0.421 e. The fourth-order valence-electron chi connectivity index (χ4n) is 3.39. The van der Waals surface area contributed by atoms with E-state index in [-0.39, 0.29) is 12.3 Å². The van der Waals surface area contributed by atoms with Gasteiger partial charge in [-0.2, -0.15) is 11.3 Å². The van der Waals surface area contributed by atoms with Gasteiger partial charge in [0.25, 0.3) is 0 Å². The van der Waals surface area contributed by atoms with Crippen LogP contribution < -0.4 is 4.90 Å². The van der Waals surface area contributed by atoms with Crippen LogP contribution >= 0.6 is 22.7 Å². The lowest BCUT2D eigenvalue weighted by molar-refractivity contribution is -0.118. The average molecular weight is 461 g/mol. The van der Waals surface area contributed by atoms with Gasteiger partial charge in [-0.25, -0.2) is 4.98 Å². The fraction of sp³-hybridized carbons (Fsp3) is 0.167. The molecule has 5 aromatic rings. The molecule has 3 aromatic heterocycles. The van der Waals surface area contributed by atoms with Gasteiger partial charge in [0, 0.05) is 30.3 Å². The Balaban J connectivity index is 1.32. The SMILES string of the molecule is O=C(CCc1nnc(-c2ccsc2)o1)N(CCc1ccccc1)c1nc2ccccc2s1. The summed E-state index contributed by atoms with van der Waals surface area (Å²) in [6, 6.07) is 20.1. The van der Waals surface area contributed by atoms with Crippen molar-refractivity contribution in [2.75, 3.05) is 11.4 Å². The number of carbonyl (C=O) groups excluding carboxylic acids is 1. The van der Waals surface area contributed by atoms with Crippen LogP contribution in [0.1, 0.15) is 17.9 Å². The predicted molar refractivity (Wildman–Crippen MR) is 128 cm³/mol. The zero-order valence-electron chi connectivity index (χ0n) is 17.2. The van der Waals surface area contributed by atoms with Gasteiger partial charge in [0.1, 0.15) is 0 Å². The number of aromatic nitrogens is 3. The van der Waals surface area contributed by atoms with Crippen LogP contribution in [0.2, 0.25) is 0 Å². The second kappa shape index (κ2) is 9.42. The molecular weight excluding hydrogens is 440 g/mol. The number of fused-ring (bicyclic) bond motifs is 1. The molecule has 0 aliphatic heterocycles. The van der Waals surface area contributed by atoms with E-state index in [0.29, 0.717) is 24.7 Å². The minimum absolute atomic E-state index is 0.00438. The zero-order valence-corrected chi connectivity index (χ0v) is 18.8. The summed E-state index contributed by atoms with van der Waals surface area (Å²) in [5.74, 6) is 0.947. The average Bonchev–Trinajstić information content (AvgIpc) is 3.59. The molecule has 5 rings (SSSR count). The third-order valence-electron chi connectivity index (χ3n) is 5.07. The number of thiophene rings is 1. The van der Waals surface area contributed by atoms with Gasteiger partial charge in [-0.1, -0.05) is 53.8 Å². The zero-order chi connectivity index (χ0) is 21.8. The lowest BCUT2D eigenvalue weighted by atomic mass is 10.1. The highest BCUT2D eigenvalue weighted by molar-refractivity contribution is 7.22. The Labute approximate surface area is 193 Å². The van der Waals surface area contributed by atoms with Crippen LogP contribution in [0.25, 0.3) is 21.7 Å². The molecule has 0 bridgehead atoms. The molecule has 0 aliphatic carbocycles.